The lowest BCUT2D eigenvalue weighted by Gasteiger charge is -2.32. The number of halogens is 1. The Labute approximate surface area is 217 Å². The summed E-state index contributed by atoms with van der Waals surface area (Å²) in [6, 6.07) is 11.0. The molecule has 0 spiro atoms. The first kappa shape index (κ1) is 25.0. The summed E-state index contributed by atoms with van der Waals surface area (Å²) >= 11 is 5.95. The predicted molar refractivity (Wildman–Crippen MR) is 142 cm³/mol. The van der Waals surface area contributed by atoms with E-state index in [1.807, 2.05) is 28.6 Å². The maximum Gasteiger partial charge on any atom is 0.253 e. The maximum atomic E-state index is 13.0. The molecule has 2 aromatic carbocycles. The zero-order valence-electron chi connectivity index (χ0n) is 20.9. The second kappa shape index (κ2) is 11.1. The standard InChI is InChI=1S/C29H34ClN3O3/c1-20-25(28(34)12-9-24-4-2-3-17-36-24)10-11-27-26(20)19-33(31-27)18-21-13-15-32(16-14-21)29(35)22-5-7-23(30)8-6-22/h5-8,10-11,19,21,24H,2-4,9,12-18H2,1H3/t24-/m0/s1. The first-order valence-electron chi connectivity index (χ1n) is 13.1. The van der Waals surface area contributed by atoms with Gasteiger partial charge in [-0.1, -0.05) is 11.6 Å². The Morgan fingerprint density at radius 3 is 2.56 bits per heavy atom. The average Bonchev–Trinajstić information content (AvgIpc) is 3.32. The van der Waals surface area contributed by atoms with E-state index in [9.17, 15) is 9.59 Å². The van der Waals surface area contributed by atoms with Crippen LogP contribution in [0.1, 0.15) is 71.2 Å². The molecule has 7 heteroatoms. The van der Waals surface area contributed by atoms with E-state index in [2.05, 4.69) is 6.20 Å². The van der Waals surface area contributed by atoms with Crippen molar-refractivity contribution in [3.05, 3.63) is 64.3 Å². The topological polar surface area (TPSA) is 64.4 Å². The number of amides is 1. The summed E-state index contributed by atoms with van der Waals surface area (Å²) in [5.74, 6) is 0.720. The number of benzene rings is 2. The quantitative estimate of drug-likeness (QED) is 0.363. The number of aryl methyl sites for hydroxylation is 1. The monoisotopic (exact) mass is 507 g/mol. The number of piperidine rings is 1. The smallest absolute Gasteiger partial charge is 0.253 e. The summed E-state index contributed by atoms with van der Waals surface area (Å²) in [7, 11) is 0. The van der Waals surface area contributed by atoms with Gasteiger partial charge in [0.05, 0.1) is 11.6 Å². The second-order valence-corrected chi connectivity index (χ2v) is 10.7. The van der Waals surface area contributed by atoms with E-state index >= 15 is 0 Å². The highest BCUT2D eigenvalue weighted by atomic mass is 35.5. The third-order valence-corrected chi connectivity index (χ3v) is 7.96. The maximum absolute atomic E-state index is 13.0. The van der Waals surface area contributed by atoms with Crippen LogP contribution in [0.2, 0.25) is 5.02 Å². The zero-order valence-corrected chi connectivity index (χ0v) is 21.7. The lowest BCUT2D eigenvalue weighted by Crippen LogP contribution is -2.39. The number of carbonyl (C=O) groups is 2. The van der Waals surface area contributed by atoms with Crippen LogP contribution in [0.3, 0.4) is 0 Å². The van der Waals surface area contributed by atoms with E-state index in [1.165, 1.54) is 6.42 Å². The van der Waals surface area contributed by atoms with Crippen LogP contribution in [0.25, 0.3) is 10.9 Å². The number of rotatable bonds is 7. The molecule has 0 aliphatic carbocycles. The third kappa shape index (κ3) is 5.65. The Kier molecular flexibility index (Phi) is 7.73. The summed E-state index contributed by atoms with van der Waals surface area (Å²) in [6.45, 7) is 5.16. The number of aromatic nitrogens is 2. The van der Waals surface area contributed by atoms with Crippen molar-refractivity contribution in [2.45, 2.75) is 64.5 Å². The molecule has 5 rings (SSSR count). The number of likely N-dealkylation sites (tertiary alicyclic amines) is 1. The fourth-order valence-electron chi connectivity index (χ4n) is 5.50. The highest BCUT2D eigenvalue weighted by Gasteiger charge is 2.25. The summed E-state index contributed by atoms with van der Waals surface area (Å²) < 4.78 is 7.81. The van der Waals surface area contributed by atoms with E-state index in [4.69, 9.17) is 21.4 Å². The SMILES string of the molecule is Cc1c(C(=O)CC[C@@H]2CCCCO2)ccc2nn(CC3CCN(C(=O)c4ccc(Cl)cc4)CC3)cc12. The van der Waals surface area contributed by atoms with Crippen LogP contribution >= 0.6 is 11.6 Å². The predicted octanol–water partition coefficient (Wildman–Crippen LogP) is 6.08. The third-order valence-electron chi connectivity index (χ3n) is 7.71. The molecule has 36 heavy (non-hydrogen) atoms. The molecule has 2 fully saturated rings. The lowest BCUT2D eigenvalue weighted by molar-refractivity contribution is 0.0104. The minimum absolute atomic E-state index is 0.0674. The second-order valence-electron chi connectivity index (χ2n) is 10.2. The number of nitrogens with zero attached hydrogens (tertiary/aromatic N) is 3. The zero-order chi connectivity index (χ0) is 25.1. The van der Waals surface area contributed by atoms with Crippen LogP contribution in [0, 0.1) is 12.8 Å². The van der Waals surface area contributed by atoms with E-state index in [1.54, 1.807) is 24.3 Å². The Bertz CT molecular complexity index is 1220. The molecule has 0 radical (unpaired) electrons. The molecule has 2 aliphatic rings. The number of hydrogen-bond donors (Lipinski definition) is 0. The lowest BCUT2D eigenvalue weighted by atomic mass is 9.96. The van der Waals surface area contributed by atoms with Crippen LogP contribution in [0.5, 0.6) is 0 Å². The number of Topliss-reactive ketones (excluding diaryl/α,β-unsaturated/α-hetero) is 1. The molecule has 3 aromatic rings. The van der Waals surface area contributed by atoms with Crippen LogP contribution in [0.15, 0.2) is 42.6 Å². The number of ketones is 1. The molecule has 1 aromatic heterocycles. The highest BCUT2D eigenvalue weighted by Crippen LogP contribution is 2.26. The minimum Gasteiger partial charge on any atom is -0.378 e. The van der Waals surface area contributed by atoms with Gasteiger partial charge < -0.3 is 9.64 Å². The molecule has 190 valence electrons. The van der Waals surface area contributed by atoms with Crippen molar-refractivity contribution in [1.82, 2.24) is 14.7 Å². The molecule has 2 saturated heterocycles. The number of hydrogen-bond acceptors (Lipinski definition) is 4. The summed E-state index contributed by atoms with van der Waals surface area (Å²) in [4.78, 5) is 27.7. The minimum atomic E-state index is 0.0674. The average molecular weight is 508 g/mol. The molecule has 1 atom stereocenters. The molecule has 3 heterocycles. The molecule has 0 bridgehead atoms. The molecular formula is C29H34ClN3O3. The fraction of sp³-hybridized carbons (Fsp3) is 0.483. The Balaban J connectivity index is 1.18. The van der Waals surface area contributed by atoms with Crippen LogP contribution in [-0.2, 0) is 11.3 Å². The van der Waals surface area contributed by atoms with Gasteiger partial charge in [-0.2, -0.15) is 5.10 Å². The van der Waals surface area contributed by atoms with Gasteiger partial charge in [-0.25, -0.2) is 0 Å². The number of carbonyl (C=O) groups excluding carboxylic acids is 2. The Morgan fingerprint density at radius 2 is 1.83 bits per heavy atom. The van der Waals surface area contributed by atoms with Crippen LogP contribution in [0.4, 0.5) is 0 Å². The fourth-order valence-corrected chi connectivity index (χ4v) is 5.62. The summed E-state index contributed by atoms with van der Waals surface area (Å²) in [5, 5.41) is 6.47. The van der Waals surface area contributed by atoms with Gasteiger partial charge in [-0.15, -0.1) is 0 Å². The van der Waals surface area contributed by atoms with E-state index in [-0.39, 0.29) is 17.8 Å². The number of ether oxygens (including phenoxy) is 1. The normalized spacial score (nSPS) is 19.1. The molecule has 0 unspecified atom stereocenters. The van der Waals surface area contributed by atoms with Gasteiger partial charge in [0.25, 0.3) is 5.91 Å². The molecule has 6 nitrogen and oxygen atoms in total. The van der Waals surface area contributed by atoms with Crippen LogP contribution in [-0.4, -0.2) is 52.2 Å². The highest BCUT2D eigenvalue weighted by molar-refractivity contribution is 6.30. The largest absolute Gasteiger partial charge is 0.378 e. The van der Waals surface area contributed by atoms with E-state index in [0.717, 1.165) is 80.4 Å². The van der Waals surface area contributed by atoms with Crippen molar-refractivity contribution in [1.29, 1.82) is 0 Å². The van der Waals surface area contributed by atoms with Crippen molar-refractivity contribution >= 4 is 34.2 Å². The van der Waals surface area contributed by atoms with Crippen molar-refractivity contribution in [2.24, 2.45) is 5.92 Å². The van der Waals surface area contributed by atoms with Crippen molar-refractivity contribution in [2.75, 3.05) is 19.7 Å². The van der Waals surface area contributed by atoms with Gasteiger partial charge in [-0.05, 0) is 93.3 Å². The van der Waals surface area contributed by atoms with Gasteiger partial charge in [0.15, 0.2) is 5.78 Å². The molecular weight excluding hydrogens is 474 g/mol. The summed E-state index contributed by atoms with van der Waals surface area (Å²) in [6.07, 6.45) is 8.91. The first-order valence-corrected chi connectivity index (χ1v) is 13.5. The molecule has 2 aliphatic heterocycles. The van der Waals surface area contributed by atoms with Gasteiger partial charge >= 0.3 is 0 Å². The Hall–Kier alpha value is -2.70. The molecule has 1 amide bonds. The van der Waals surface area contributed by atoms with Crippen LogP contribution < -0.4 is 0 Å². The first-order chi connectivity index (χ1) is 17.5. The summed E-state index contributed by atoms with van der Waals surface area (Å²) in [5.41, 5.74) is 3.42. The van der Waals surface area contributed by atoms with Crippen molar-refractivity contribution in [3.8, 4) is 0 Å². The molecule has 0 saturated carbocycles. The Morgan fingerprint density at radius 1 is 1.06 bits per heavy atom. The van der Waals surface area contributed by atoms with E-state index < -0.39 is 0 Å². The molecule has 0 N–H and O–H groups in total. The van der Waals surface area contributed by atoms with Crippen molar-refractivity contribution < 1.29 is 14.3 Å². The number of fused-ring (bicyclic) bond motifs is 1. The van der Waals surface area contributed by atoms with Gasteiger partial charge in [0, 0.05) is 60.4 Å². The van der Waals surface area contributed by atoms with E-state index in [0.29, 0.717) is 22.9 Å². The van der Waals surface area contributed by atoms with Crippen molar-refractivity contribution in [3.63, 3.8) is 0 Å². The van der Waals surface area contributed by atoms with Gasteiger partial charge in [-0.3, -0.25) is 14.3 Å². The van der Waals surface area contributed by atoms with Gasteiger partial charge in [0.1, 0.15) is 0 Å². The van der Waals surface area contributed by atoms with Gasteiger partial charge in [0.2, 0.25) is 0 Å².